The first-order chi connectivity index (χ1) is 11.2. The molecule has 0 aliphatic heterocycles. The predicted octanol–water partition coefficient (Wildman–Crippen LogP) is 0.857. The molecule has 0 fully saturated rings. The minimum absolute atomic E-state index is 0.238. The Morgan fingerprint density at radius 1 is 1.35 bits per heavy atom. The fourth-order valence-corrected chi connectivity index (χ4v) is 2.71. The minimum Gasteiger partial charge on any atom is -0.479 e. The molecule has 3 aromatic rings. The smallest absolute Gasteiger partial charge is 0.344 e. The highest BCUT2D eigenvalue weighted by Gasteiger charge is 2.29. The third-order valence-corrected chi connectivity index (χ3v) is 3.58. The fourth-order valence-electron chi connectivity index (χ4n) is 2.71. The van der Waals surface area contributed by atoms with Crippen LogP contribution in [0.15, 0.2) is 46.6 Å². The van der Waals surface area contributed by atoms with Gasteiger partial charge in [0.05, 0.1) is 5.69 Å². The summed E-state index contributed by atoms with van der Waals surface area (Å²) >= 11 is 0. The van der Waals surface area contributed by atoms with E-state index in [0.717, 1.165) is 11.1 Å². The zero-order valence-electron chi connectivity index (χ0n) is 11.7. The third kappa shape index (κ3) is 1.92. The minimum atomic E-state index is -1.12. The number of nitrogens with zero attached hydrogens (tertiary/aromatic N) is 3. The number of rotatable bonds is 3. The van der Waals surface area contributed by atoms with Crippen molar-refractivity contribution in [3.63, 3.8) is 0 Å². The van der Waals surface area contributed by atoms with Gasteiger partial charge in [0.25, 0.3) is 5.56 Å². The van der Waals surface area contributed by atoms with Gasteiger partial charge >= 0.3 is 5.97 Å². The van der Waals surface area contributed by atoms with Gasteiger partial charge < -0.3 is 14.9 Å². The maximum absolute atomic E-state index is 12.1. The molecule has 0 saturated heterocycles. The van der Waals surface area contributed by atoms with Crippen molar-refractivity contribution in [2.24, 2.45) is 5.16 Å². The van der Waals surface area contributed by atoms with E-state index in [1.807, 2.05) is 24.3 Å². The molecule has 8 heteroatoms. The second kappa shape index (κ2) is 4.80. The van der Waals surface area contributed by atoms with Crippen LogP contribution in [0, 0.1) is 0 Å². The van der Waals surface area contributed by atoms with Crippen molar-refractivity contribution in [1.82, 2.24) is 14.4 Å². The number of carbonyl (C=O) groups is 1. The van der Waals surface area contributed by atoms with Crippen LogP contribution < -0.4 is 5.56 Å². The van der Waals surface area contributed by atoms with Gasteiger partial charge in [-0.25, -0.2) is 9.78 Å². The molecule has 0 atom stereocenters. The molecule has 0 bridgehead atoms. The number of benzene rings is 1. The van der Waals surface area contributed by atoms with Crippen LogP contribution in [0.1, 0.15) is 11.3 Å². The van der Waals surface area contributed by atoms with Crippen molar-refractivity contribution < 1.29 is 14.7 Å². The van der Waals surface area contributed by atoms with Crippen molar-refractivity contribution in [2.75, 3.05) is 6.61 Å². The molecule has 2 heterocycles. The Morgan fingerprint density at radius 2 is 2.13 bits per heavy atom. The van der Waals surface area contributed by atoms with Crippen LogP contribution in [0.25, 0.3) is 16.9 Å². The first kappa shape index (κ1) is 13.3. The molecule has 1 aromatic carbocycles. The van der Waals surface area contributed by atoms with Gasteiger partial charge in [-0.2, -0.15) is 0 Å². The Morgan fingerprint density at radius 3 is 2.91 bits per heavy atom. The summed E-state index contributed by atoms with van der Waals surface area (Å²) in [6, 6.07) is 7.37. The molecule has 1 aliphatic rings. The number of hydrogen-bond donors (Lipinski definition) is 2. The van der Waals surface area contributed by atoms with Crippen LogP contribution in [0.5, 0.6) is 0 Å². The molecule has 0 saturated carbocycles. The Bertz CT molecular complexity index is 1030. The molecule has 114 valence electrons. The number of aliphatic carboxylic acids is 1. The summed E-state index contributed by atoms with van der Waals surface area (Å²) in [5, 5.41) is 12.7. The molecule has 23 heavy (non-hydrogen) atoms. The van der Waals surface area contributed by atoms with E-state index in [0.29, 0.717) is 17.1 Å². The van der Waals surface area contributed by atoms with Gasteiger partial charge in [-0.05, 0) is 0 Å². The lowest BCUT2D eigenvalue weighted by molar-refractivity contribution is -0.142. The van der Waals surface area contributed by atoms with Crippen molar-refractivity contribution in [1.29, 1.82) is 0 Å². The SMILES string of the molecule is O=C(O)CON=C1c2ccccc2-c2[nH]c(=O)c3nccn3c21. The zero-order valence-corrected chi connectivity index (χ0v) is 11.7. The number of oxime groups is 1. The molecule has 1 aliphatic carbocycles. The van der Waals surface area contributed by atoms with Crippen LogP contribution in [-0.2, 0) is 9.63 Å². The first-order valence-corrected chi connectivity index (χ1v) is 6.78. The van der Waals surface area contributed by atoms with Crippen molar-refractivity contribution >= 4 is 17.3 Å². The summed E-state index contributed by atoms with van der Waals surface area (Å²) in [5.74, 6) is -1.12. The highest BCUT2D eigenvalue weighted by molar-refractivity contribution is 6.22. The van der Waals surface area contributed by atoms with Crippen LogP contribution >= 0.6 is 0 Å². The van der Waals surface area contributed by atoms with Gasteiger partial charge in [-0.3, -0.25) is 9.20 Å². The van der Waals surface area contributed by atoms with Crippen molar-refractivity contribution in [2.45, 2.75) is 0 Å². The molecule has 0 amide bonds. The number of imidazole rings is 1. The maximum Gasteiger partial charge on any atom is 0.344 e. The average molecular weight is 310 g/mol. The van der Waals surface area contributed by atoms with Crippen molar-refractivity contribution in [3.05, 3.63) is 58.3 Å². The maximum atomic E-state index is 12.1. The zero-order chi connectivity index (χ0) is 16.0. The van der Waals surface area contributed by atoms with Gasteiger partial charge in [0, 0.05) is 23.5 Å². The number of H-pyrrole nitrogens is 1. The van der Waals surface area contributed by atoms with Crippen molar-refractivity contribution in [3.8, 4) is 11.3 Å². The lowest BCUT2D eigenvalue weighted by atomic mass is 10.1. The monoisotopic (exact) mass is 310 g/mol. The van der Waals surface area contributed by atoms with E-state index in [-0.39, 0.29) is 11.2 Å². The lowest BCUT2D eigenvalue weighted by Crippen LogP contribution is -2.16. The number of fused-ring (bicyclic) bond motifs is 5. The van der Waals surface area contributed by atoms with E-state index < -0.39 is 12.6 Å². The number of hydrogen-bond acceptors (Lipinski definition) is 5. The molecule has 0 spiro atoms. The van der Waals surface area contributed by atoms with E-state index in [2.05, 4.69) is 15.1 Å². The van der Waals surface area contributed by atoms with E-state index in [4.69, 9.17) is 9.94 Å². The largest absolute Gasteiger partial charge is 0.479 e. The summed E-state index contributed by atoms with van der Waals surface area (Å²) in [5.41, 5.74) is 3.16. The van der Waals surface area contributed by atoms with Crippen LogP contribution in [0.2, 0.25) is 0 Å². The third-order valence-electron chi connectivity index (χ3n) is 3.58. The summed E-state index contributed by atoms with van der Waals surface area (Å²) in [6.07, 6.45) is 3.17. The number of carboxylic acid groups (broad SMARTS) is 1. The fraction of sp³-hybridized carbons (Fsp3) is 0.0667. The topological polar surface area (TPSA) is 109 Å². The second-order valence-corrected chi connectivity index (χ2v) is 4.95. The van der Waals surface area contributed by atoms with E-state index in [9.17, 15) is 9.59 Å². The van der Waals surface area contributed by atoms with Gasteiger partial charge in [0.2, 0.25) is 12.3 Å². The lowest BCUT2D eigenvalue weighted by Gasteiger charge is -2.04. The molecule has 2 N–H and O–H groups in total. The van der Waals surface area contributed by atoms with E-state index >= 15 is 0 Å². The average Bonchev–Trinajstić information content (AvgIpc) is 3.12. The molecular weight excluding hydrogens is 300 g/mol. The molecule has 0 unspecified atom stereocenters. The Kier molecular flexibility index (Phi) is 2.77. The Balaban J connectivity index is 2.00. The first-order valence-electron chi connectivity index (χ1n) is 6.78. The van der Waals surface area contributed by atoms with E-state index in [1.165, 1.54) is 6.20 Å². The standard InChI is InChI=1S/C15H10N4O4/c20-10(21)7-23-18-12-9-4-2-1-3-8(9)11-13(12)19-6-5-16-14(19)15(22)17-11/h1-6H,7H2,(H,17,22)(H,20,21). The summed E-state index contributed by atoms with van der Waals surface area (Å²) in [7, 11) is 0. The molecule has 4 rings (SSSR count). The molecule has 0 radical (unpaired) electrons. The van der Waals surface area contributed by atoms with Gasteiger partial charge in [0.15, 0.2) is 0 Å². The quantitative estimate of drug-likeness (QED) is 0.545. The van der Waals surface area contributed by atoms with Gasteiger partial charge in [-0.15, -0.1) is 0 Å². The number of nitrogens with one attached hydrogen (secondary N) is 1. The van der Waals surface area contributed by atoms with Crippen LogP contribution in [-0.4, -0.2) is 37.8 Å². The predicted molar refractivity (Wildman–Crippen MR) is 80.5 cm³/mol. The van der Waals surface area contributed by atoms with E-state index in [1.54, 1.807) is 10.6 Å². The highest BCUT2D eigenvalue weighted by Crippen LogP contribution is 2.34. The summed E-state index contributed by atoms with van der Waals surface area (Å²) in [4.78, 5) is 34.5. The summed E-state index contributed by atoms with van der Waals surface area (Å²) in [6.45, 7) is -0.544. The Labute approximate surface area is 128 Å². The van der Waals surface area contributed by atoms with Crippen LogP contribution in [0.3, 0.4) is 0 Å². The number of aromatic amines is 1. The number of carboxylic acids is 1. The van der Waals surface area contributed by atoms with Gasteiger partial charge in [0.1, 0.15) is 11.4 Å². The normalized spacial score (nSPS) is 14.0. The second-order valence-electron chi connectivity index (χ2n) is 4.95. The van der Waals surface area contributed by atoms with Crippen LogP contribution in [0.4, 0.5) is 0 Å². The highest BCUT2D eigenvalue weighted by atomic mass is 16.6. The summed E-state index contributed by atoms with van der Waals surface area (Å²) < 4.78 is 1.62. The Hall–Kier alpha value is -3.42. The molecular formula is C15H10N4O4. The molecule has 2 aromatic heterocycles. The molecule has 8 nitrogen and oxygen atoms in total. The number of aromatic nitrogens is 3. The van der Waals surface area contributed by atoms with Gasteiger partial charge in [-0.1, -0.05) is 29.4 Å².